The van der Waals surface area contributed by atoms with Crippen molar-refractivity contribution in [3.05, 3.63) is 27.7 Å². The molecule has 1 fully saturated rings. The van der Waals surface area contributed by atoms with Crippen molar-refractivity contribution < 1.29 is 4.74 Å². The van der Waals surface area contributed by atoms with E-state index in [-0.39, 0.29) is 0 Å². The maximum atomic E-state index is 6.31. The lowest BCUT2D eigenvalue weighted by atomic mass is 9.83. The first-order chi connectivity index (χ1) is 9.91. The van der Waals surface area contributed by atoms with Gasteiger partial charge in [-0.25, -0.2) is 0 Å². The Bertz CT molecular complexity index is 484. The van der Waals surface area contributed by atoms with Gasteiger partial charge in [-0.15, -0.1) is 0 Å². The zero-order valence-corrected chi connectivity index (χ0v) is 14.7. The average molecular weight is 330 g/mol. The van der Waals surface area contributed by atoms with Crippen molar-refractivity contribution >= 4 is 23.2 Å². The molecule has 0 bridgehead atoms. The number of halogens is 2. The number of rotatable bonds is 8. The summed E-state index contributed by atoms with van der Waals surface area (Å²) >= 11 is 12.5. The minimum atomic E-state index is 0.303. The first kappa shape index (κ1) is 16.9. The van der Waals surface area contributed by atoms with Gasteiger partial charge in [-0.1, -0.05) is 37.0 Å². The van der Waals surface area contributed by atoms with Crippen molar-refractivity contribution in [2.24, 2.45) is 5.41 Å². The molecule has 1 saturated carbocycles. The van der Waals surface area contributed by atoms with E-state index in [0.29, 0.717) is 16.2 Å². The zero-order valence-electron chi connectivity index (χ0n) is 13.1. The molecule has 4 heteroatoms. The molecule has 0 atom stereocenters. The van der Waals surface area contributed by atoms with Crippen LogP contribution < -0.4 is 10.1 Å². The smallest absolute Gasteiger partial charge is 0.138 e. The highest BCUT2D eigenvalue weighted by molar-refractivity contribution is 6.34. The first-order valence-corrected chi connectivity index (χ1v) is 8.42. The Morgan fingerprint density at radius 1 is 1.19 bits per heavy atom. The van der Waals surface area contributed by atoms with E-state index in [2.05, 4.69) is 19.2 Å². The second kappa shape index (κ2) is 7.21. The number of hydrogen-bond donors (Lipinski definition) is 1. The second-order valence-electron chi connectivity index (χ2n) is 6.72. The Morgan fingerprint density at radius 2 is 1.90 bits per heavy atom. The Morgan fingerprint density at radius 3 is 2.52 bits per heavy atom. The molecule has 21 heavy (non-hydrogen) atoms. The monoisotopic (exact) mass is 329 g/mol. The Labute approximate surface area is 138 Å². The molecule has 0 amide bonds. The van der Waals surface area contributed by atoms with Gasteiger partial charge >= 0.3 is 0 Å². The minimum Gasteiger partial charge on any atom is -0.495 e. The summed E-state index contributed by atoms with van der Waals surface area (Å²) in [5.74, 6) is 0.637. The van der Waals surface area contributed by atoms with E-state index in [0.717, 1.165) is 36.0 Å². The maximum Gasteiger partial charge on any atom is 0.138 e. The van der Waals surface area contributed by atoms with E-state index in [1.54, 1.807) is 13.2 Å². The topological polar surface area (TPSA) is 21.3 Å². The van der Waals surface area contributed by atoms with Gasteiger partial charge in [-0.05, 0) is 55.7 Å². The van der Waals surface area contributed by atoms with Gasteiger partial charge in [-0.2, -0.15) is 0 Å². The third kappa shape index (κ3) is 5.36. The fourth-order valence-electron chi connectivity index (χ4n) is 2.42. The molecule has 0 unspecified atom stereocenters. The molecule has 0 spiro atoms. The van der Waals surface area contributed by atoms with Gasteiger partial charge < -0.3 is 10.1 Å². The molecule has 2 nitrogen and oxygen atoms in total. The second-order valence-corrected chi connectivity index (χ2v) is 7.54. The predicted octanol–water partition coefficient (Wildman–Crippen LogP) is 5.10. The first-order valence-electron chi connectivity index (χ1n) is 7.66. The molecular weight excluding hydrogens is 305 g/mol. The Hall–Kier alpha value is -0.440. The molecule has 118 valence electrons. The van der Waals surface area contributed by atoms with Gasteiger partial charge in [0, 0.05) is 17.1 Å². The number of nitrogens with one attached hydrogen (secondary N) is 1. The molecule has 0 aliphatic heterocycles. The van der Waals surface area contributed by atoms with Crippen LogP contribution in [0.5, 0.6) is 5.75 Å². The van der Waals surface area contributed by atoms with Crippen LogP contribution in [0.15, 0.2) is 12.1 Å². The molecule has 0 radical (unpaired) electrons. The lowest BCUT2D eigenvalue weighted by Gasteiger charge is -2.25. The molecule has 1 aliphatic rings. The van der Waals surface area contributed by atoms with Gasteiger partial charge in [0.05, 0.1) is 12.1 Å². The molecule has 1 aliphatic carbocycles. The average Bonchev–Trinajstić information content (AvgIpc) is 3.23. The van der Waals surface area contributed by atoms with Crippen molar-refractivity contribution in [3.8, 4) is 5.75 Å². The third-order valence-corrected chi connectivity index (χ3v) is 4.85. The van der Waals surface area contributed by atoms with Gasteiger partial charge in [0.25, 0.3) is 0 Å². The summed E-state index contributed by atoms with van der Waals surface area (Å²) in [4.78, 5) is 0. The van der Waals surface area contributed by atoms with Crippen molar-refractivity contribution in [2.45, 2.75) is 52.0 Å². The van der Waals surface area contributed by atoms with Crippen molar-refractivity contribution in [3.63, 3.8) is 0 Å². The fourth-order valence-corrected chi connectivity index (χ4v) is 2.93. The molecule has 1 aromatic carbocycles. The summed E-state index contributed by atoms with van der Waals surface area (Å²) < 4.78 is 5.18. The van der Waals surface area contributed by atoms with Crippen LogP contribution in [0.25, 0.3) is 0 Å². The van der Waals surface area contributed by atoms with E-state index in [9.17, 15) is 0 Å². The summed E-state index contributed by atoms with van der Waals surface area (Å²) in [6.45, 7) is 5.75. The molecule has 0 heterocycles. The number of methoxy groups -OCH3 is 1. The summed E-state index contributed by atoms with van der Waals surface area (Å²) in [6.07, 6.45) is 5.92. The highest BCUT2D eigenvalue weighted by Gasteiger charge is 2.23. The normalized spacial score (nSPS) is 15.3. The molecule has 1 N–H and O–H groups in total. The van der Waals surface area contributed by atoms with E-state index in [4.69, 9.17) is 27.9 Å². The van der Waals surface area contributed by atoms with Crippen LogP contribution in [0.3, 0.4) is 0 Å². The van der Waals surface area contributed by atoms with Gasteiger partial charge in [-0.3, -0.25) is 0 Å². The van der Waals surface area contributed by atoms with Crippen LogP contribution in [0.1, 0.15) is 45.1 Å². The third-order valence-electron chi connectivity index (χ3n) is 4.20. The van der Waals surface area contributed by atoms with Crippen LogP contribution in [-0.2, 0) is 6.42 Å². The minimum absolute atomic E-state index is 0.303. The highest BCUT2D eigenvalue weighted by atomic mass is 35.5. The number of hydrogen-bond acceptors (Lipinski definition) is 2. The summed E-state index contributed by atoms with van der Waals surface area (Å²) in [7, 11) is 1.60. The van der Waals surface area contributed by atoms with Crippen LogP contribution in [0.4, 0.5) is 0 Å². The summed E-state index contributed by atoms with van der Waals surface area (Å²) in [5.41, 5.74) is 1.41. The predicted molar refractivity (Wildman–Crippen MR) is 90.8 cm³/mol. The quantitative estimate of drug-likeness (QED) is 0.716. The van der Waals surface area contributed by atoms with Gasteiger partial charge in [0.1, 0.15) is 5.75 Å². The standard InChI is InChI=1S/C17H25Cl2NO/c1-17(2,8-9-20-13-4-5-13)7-6-12-10-15(19)16(21-3)11-14(12)18/h10-11,13,20H,4-9H2,1-3H3. The summed E-state index contributed by atoms with van der Waals surface area (Å²) in [5, 5.41) is 4.95. The van der Waals surface area contributed by atoms with Crippen LogP contribution in [-0.4, -0.2) is 19.7 Å². The molecule has 2 rings (SSSR count). The number of ether oxygens (including phenoxy) is 1. The lowest BCUT2D eigenvalue weighted by Crippen LogP contribution is -2.24. The zero-order chi connectivity index (χ0) is 15.5. The van der Waals surface area contributed by atoms with E-state index < -0.39 is 0 Å². The molecule has 1 aromatic rings. The SMILES string of the molecule is COc1cc(Cl)c(CCC(C)(C)CCNC2CC2)cc1Cl. The highest BCUT2D eigenvalue weighted by Crippen LogP contribution is 2.34. The van der Waals surface area contributed by atoms with Crippen LogP contribution in [0, 0.1) is 5.41 Å². The lowest BCUT2D eigenvalue weighted by molar-refractivity contribution is 0.302. The van der Waals surface area contributed by atoms with E-state index >= 15 is 0 Å². The molecular formula is C17H25Cl2NO. The summed E-state index contributed by atoms with van der Waals surface area (Å²) in [6, 6.07) is 4.53. The van der Waals surface area contributed by atoms with Crippen LogP contribution in [0.2, 0.25) is 10.0 Å². The van der Waals surface area contributed by atoms with Crippen molar-refractivity contribution in [2.75, 3.05) is 13.7 Å². The Balaban J connectivity index is 1.86. The Kier molecular flexibility index (Phi) is 5.81. The molecule has 0 aromatic heterocycles. The van der Waals surface area contributed by atoms with Crippen molar-refractivity contribution in [1.82, 2.24) is 5.32 Å². The number of benzene rings is 1. The van der Waals surface area contributed by atoms with Crippen molar-refractivity contribution in [1.29, 1.82) is 0 Å². The van der Waals surface area contributed by atoms with E-state index in [1.165, 1.54) is 19.3 Å². The number of aryl methyl sites for hydroxylation is 1. The van der Waals surface area contributed by atoms with Crippen LogP contribution >= 0.6 is 23.2 Å². The fraction of sp³-hybridized carbons (Fsp3) is 0.647. The van der Waals surface area contributed by atoms with E-state index in [1.807, 2.05) is 6.07 Å². The van der Waals surface area contributed by atoms with Gasteiger partial charge in [0.15, 0.2) is 0 Å². The maximum absolute atomic E-state index is 6.31. The largest absolute Gasteiger partial charge is 0.495 e. The molecule has 0 saturated heterocycles. The van der Waals surface area contributed by atoms with Gasteiger partial charge in [0.2, 0.25) is 0 Å².